The van der Waals surface area contributed by atoms with Crippen LogP contribution in [0, 0.1) is 5.92 Å². The second kappa shape index (κ2) is 11.5. The smallest absolute Gasteiger partial charge is 0.409 e. The Bertz CT molecular complexity index is 1170. The maximum atomic E-state index is 13.6. The van der Waals surface area contributed by atoms with Gasteiger partial charge in [0.2, 0.25) is 0 Å². The second-order valence-electron chi connectivity index (χ2n) is 9.80. The van der Waals surface area contributed by atoms with Crippen molar-refractivity contribution in [1.82, 2.24) is 19.6 Å². The minimum Gasteiger partial charge on any atom is -0.453 e. The number of rotatable bonds is 6. The molecule has 2 aromatic carbocycles. The van der Waals surface area contributed by atoms with Crippen molar-refractivity contribution in [3.63, 3.8) is 0 Å². The summed E-state index contributed by atoms with van der Waals surface area (Å²) in [5, 5.41) is 3.02. The van der Waals surface area contributed by atoms with Gasteiger partial charge in [0.15, 0.2) is 0 Å². The second-order valence-corrected chi connectivity index (χ2v) is 11.5. The number of benzene rings is 2. The highest BCUT2D eigenvalue weighted by atomic mass is 32.2. The number of carbonyl (C=O) groups excluding carboxylic acids is 2. The van der Waals surface area contributed by atoms with Crippen molar-refractivity contribution in [3.05, 3.63) is 42.5 Å². The van der Waals surface area contributed by atoms with Crippen LogP contribution in [0.15, 0.2) is 47.4 Å². The van der Waals surface area contributed by atoms with E-state index in [0.717, 1.165) is 42.9 Å². The highest BCUT2D eigenvalue weighted by molar-refractivity contribution is 7.89. The number of hydrogen-bond acceptors (Lipinski definition) is 5. The molecule has 3 amide bonds. The maximum Gasteiger partial charge on any atom is 0.409 e. The van der Waals surface area contributed by atoms with Gasteiger partial charge in [-0.15, -0.1) is 4.83 Å². The molecule has 196 valence electrons. The van der Waals surface area contributed by atoms with Crippen LogP contribution < -0.4 is 4.83 Å². The maximum absolute atomic E-state index is 13.6. The van der Waals surface area contributed by atoms with Crippen molar-refractivity contribution in [2.75, 3.05) is 33.8 Å². The molecule has 2 fully saturated rings. The average molecular weight is 517 g/mol. The molecule has 10 heteroatoms. The quantitative estimate of drug-likeness (QED) is 0.580. The molecular formula is C26H36N4O5S. The predicted octanol–water partition coefficient (Wildman–Crippen LogP) is 4.20. The lowest BCUT2D eigenvalue weighted by atomic mass is 9.94. The van der Waals surface area contributed by atoms with E-state index in [9.17, 15) is 18.0 Å². The van der Waals surface area contributed by atoms with Crippen LogP contribution in [0.3, 0.4) is 0 Å². The van der Waals surface area contributed by atoms with Gasteiger partial charge < -0.3 is 14.5 Å². The van der Waals surface area contributed by atoms with Gasteiger partial charge in [-0.1, -0.05) is 49.6 Å². The highest BCUT2D eigenvalue weighted by Gasteiger charge is 2.32. The first-order valence-electron chi connectivity index (χ1n) is 12.7. The first-order chi connectivity index (χ1) is 17.3. The minimum absolute atomic E-state index is 0.0499. The van der Waals surface area contributed by atoms with Gasteiger partial charge in [0.25, 0.3) is 10.0 Å². The lowest BCUT2D eigenvalue weighted by molar-refractivity contribution is 0.0894. The SMILES string of the molecule is COC(=O)N1CCC(CN(NS(=O)(=O)c2ccc3ccccc3c2)C(=O)N(C)C2CCCCC2)CC1. The van der Waals surface area contributed by atoms with Gasteiger partial charge in [-0.05, 0) is 54.5 Å². The van der Waals surface area contributed by atoms with Crippen molar-refractivity contribution < 1.29 is 22.7 Å². The Hall–Kier alpha value is -2.85. The number of likely N-dealkylation sites (tertiary alicyclic amines) is 1. The van der Waals surface area contributed by atoms with Crippen molar-refractivity contribution in [1.29, 1.82) is 0 Å². The predicted molar refractivity (Wildman–Crippen MR) is 138 cm³/mol. The fraction of sp³-hybridized carbons (Fsp3) is 0.538. The Labute approximate surface area is 213 Å². The number of methoxy groups -OCH3 is 1. The van der Waals surface area contributed by atoms with Crippen molar-refractivity contribution >= 4 is 32.9 Å². The molecule has 1 N–H and O–H groups in total. The molecule has 1 heterocycles. The molecule has 36 heavy (non-hydrogen) atoms. The molecule has 1 saturated carbocycles. The number of hydrogen-bond donors (Lipinski definition) is 1. The van der Waals surface area contributed by atoms with Gasteiger partial charge in [-0.3, -0.25) is 0 Å². The van der Waals surface area contributed by atoms with E-state index in [1.165, 1.54) is 12.1 Å². The fourth-order valence-electron chi connectivity index (χ4n) is 5.19. The van der Waals surface area contributed by atoms with E-state index >= 15 is 0 Å². The minimum atomic E-state index is -4.00. The molecule has 2 aliphatic rings. The van der Waals surface area contributed by atoms with Crippen LogP contribution in [0.5, 0.6) is 0 Å². The summed E-state index contributed by atoms with van der Waals surface area (Å²) in [6.07, 6.45) is 6.09. The van der Waals surface area contributed by atoms with Gasteiger partial charge in [0.05, 0.1) is 12.0 Å². The summed E-state index contributed by atoms with van der Waals surface area (Å²) in [7, 11) is -0.877. The first kappa shape index (κ1) is 26.2. The van der Waals surface area contributed by atoms with E-state index in [1.54, 1.807) is 35.0 Å². The van der Waals surface area contributed by atoms with Crippen molar-refractivity contribution in [3.8, 4) is 0 Å². The molecule has 1 aliphatic carbocycles. The number of fused-ring (bicyclic) bond motifs is 1. The highest BCUT2D eigenvalue weighted by Crippen LogP contribution is 2.25. The third-order valence-electron chi connectivity index (χ3n) is 7.40. The summed E-state index contributed by atoms with van der Waals surface area (Å²) < 4.78 is 31.6. The van der Waals surface area contributed by atoms with E-state index in [1.807, 2.05) is 24.3 Å². The van der Waals surface area contributed by atoms with Gasteiger partial charge >= 0.3 is 12.1 Å². The number of nitrogens with zero attached hydrogens (tertiary/aromatic N) is 3. The average Bonchev–Trinajstić information content (AvgIpc) is 2.92. The molecular weight excluding hydrogens is 480 g/mol. The third kappa shape index (κ3) is 6.10. The molecule has 0 spiro atoms. The number of urea groups is 1. The Morgan fingerprint density at radius 3 is 2.33 bits per heavy atom. The van der Waals surface area contributed by atoms with E-state index < -0.39 is 10.0 Å². The lowest BCUT2D eigenvalue weighted by Gasteiger charge is -2.38. The molecule has 0 atom stereocenters. The Morgan fingerprint density at radius 1 is 1.00 bits per heavy atom. The molecule has 1 aliphatic heterocycles. The van der Waals surface area contributed by atoms with E-state index in [-0.39, 0.29) is 35.5 Å². The standard InChI is InChI=1S/C26H36N4O5S/c1-28(23-10-4-3-5-11-23)25(31)30(19-20-14-16-29(17-15-20)26(32)35-2)27-36(33,34)24-13-12-21-8-6-7-9-22(21)18-24/h6-9,12-13,18,20,23,27H,3-5,10-11,14-17,19H2,1-2H3. The number of sulfonamides is 1. The van der Waals surface area contributed by atoms with Crippen LogP contribution in [0.2, 0.25) is 0 Å². The molecule has 1 saturated heterocycles. The molecule has 4 rings (SSSR count). The molecule has 0 aromatic heterocycles. The molecule has 0 bridgehead atoms. The largest absolute Gasteiger partial charge is 0.453 e. The topological polar surface area (TPSA) is 99.3 Å². The summed E-state index contributed by atoms with van der Waals surface area (Å²) >= 11 is 0. The number of carbonyl (C=O) groups is 2. The number of hydrazine groups is 1. The Balaban J connectivity index is 1.53. The number of amides is 3. The Kier molecular flexibility index (Phi) is 8.35. The zero-order chi connectivity index (χ0) is 25.7. The normalized spacial score (nSPS) is 17.7. The summed E-state index contributed by atoms with van der Waals surface area (Å²) in [6.45, 7) is 1.25. The lowest BCUT2D eigenvalue weighted by Crippen LogP contribution is -2.55. The third-order valence-corrected chi connectivity index (χ3v) is 8.74. The summed E-state index contributed by atoms with van der Waals surface area (Å²) in [5.74, 6) is 0.0499. The van der Waals surface area contributed by atoms with Crippen LogP contribution in [0.1, 0.15) is 44.9 Å². The van der Waals surface area contributed by atoms with Crippen molar-refractivity contribution in [2.24, 2.45) is 5.92 Å². The van der Waals surface area contributed by atoms with Crippen LogP contribution in [-0.4, -0.2) is 75.2 Å². The van der Waals surface area contributed by atoms with Crippen LogP contribution in [-0.2, 0) is 14.8 Å². The van der Waals surface area contributed by atoms with Crippen molar-refractivity contribution in [2.45, 2.75) is 55.9 Å². The number of piperidine rings is 1. The zero-order valence-corrected chi connectivity index (χ0v) is 21.9. The molecule has 0 radical (unpaired) electrons. The fourth-order valence-corrected chi connectivity index (χ4v) is 6.26. The van der Waals surface area contributed by atoms with Gasteiger partial charge in [0, 0.05) is 32.7 Å². The van der Waals surface area contributed by atoms with Crippen LogP contribution in [0.25, 0.3) is 10.8 Å². The van der Waals surface area contributed by atoms with E-state index in [4.69, 9.17) is 4.74 Å². The zero-order valence-electron chi connectivity index (χ0n) is 21.1. The number of nitrogens with one attached hydrogen (secondary N) is 1. The number of ether oxygens (including phenoxy) is 1. The summed E-state index contributed by atoms with van der Waals surface area (Å²) in [4.78, 5) is 31.5. The Morgan fingerprint density at radius 2 is 1.67 bits per heavy atom. The van der Waals surface area contributed by atoms with E-state index in [2.05, 4.69) is 4.83 Å². The first-order valence-corrected chi connectivity index (χ1v) is 14.2. The molecule has 0 unspecified atom stereocenters. The van der Waals surface area contributed by atoms with Gasteiger partial charge in [-0.2, -0.15) is 0 Å². The van der Waals surface area contributed by atoms with Gasteiger partial charge in [0.1, 0.15) is 0 Å². The van der Waals surface area contributed by atoms with Crippen LogP contribution >= 0.6 is 0 Å². The molecule has 9 nitrogen and oxygen atoms in total. The summed E-state index contributed by atoms with van der Waals surface area (Å²) in [6, 6.07) is 12.3. The monoisotopic (exact) mass is 516 g/mol. The van der Waals surface area contributed by atoms with E-state index in [0.29, 0.717) is 25.9 Å². The van der Waals surface area contributed by atoms with Gasteiger partial charge in [-0.25, -0.2) is 23.0 Å². The molecule has 2 aromatic rings. The summed E-state index contributed by atoms with van der Waals surface area (Å²) in [5.41, 5.74) is 0. The van der Waals surface area contributed by atoms with Crippen LogP contribution in [0.4, 0.5) is 9.59 Å².